The Kier molecular flexibility index (Phi) is 3.93. The Morgan fingerprint density at radius 2 is 1.88 bits per heavy atom. The molecule has 0 aromatic heterocycles. The van der Waals surface area contributed by atoms with Gasteiger partial charge in [-0.25, -0.2) is 4.39 Å². The van der Waals surface area contributed by atoms with Crippen LogP contribution in [0.5, 0.6) is 0 Å². The first-order valence-electron chi connectivity index (χ1n) is 6.52. The number of benzene rings is 1. The van der Waals surface area contributed by atoms with Gasteiger partial charge in [-0.2, -0.15) is 0 Å². The first-order valence-corrected chi connectivity index (χ1v) is 6.52. The normalized spacial score (nSPS) is 24.6. The molecule has 1 aromatic carbocycles. The van der Waals surface area contributed by atoms with E-state index in [1.807, 2.05) is 0 Å². The van der Waals surface area contributed by atoms with Crippen LogP contribution in [0.4, 0.5) is 4.39 Å². The predicted octanol–water partition coefficient (Wildman–Crippen LogP) is 4.22. The molecule has 0 saturated heterocycles. The lowest BCUT2D eigenvalue weighted by Gasteiger charge is -2.29. The number of Topliss-reactive ketones (excluding diaryl/α,β-unsaturated/α-hetero) is 1. The third-order valence-corrected chi connectivity index (χ3v) is 3.90. The molecule has 0 spiro atoms. The molecule has 0 N–H and O–H groups in total. The molecule has 0 heterocycles. The van der Waals surface area contributed by atoms with Crippen LogP contribution in [0.3, 0.4) is 0 Å². The topological polar surface area (TPSA) is 17.1 Å². The van der Waals surface area contributed by atoms with Crippen LogP contribution >= 0.6 is 0 Å². The quantitative estimate of drug-likeness (QED) is 0.715. The van der Waals surface area contributed by atoms with Crippen molar-refractivity contribution in [3.8, 4) is 0 Å². The lowest BCUT2D eigenvalue weighted by atomic mass is 9.74. The van der Waals surface area contributed by atoms with Gasteiger partial charge in [0.05, 0.1) is 0 Å². The summed E-state index contributed by atoms with van der Waals surface area (Å²) in [4.78, 5) is 12.4. The number of carbonyl (C=O) groups is 1. The van der Waals surface area contributed by atoms with Crippen LogP contribution in [-0.2, 0) is 0 Å². The molecule has 1 nitrogen and oxygen atoms in total. The van der Waals surface area contributed by atoms with Crippen molar-refractivity contribution in [2.75, 3.05) is 0 Å². The minimum absolute atomic E-state index is 0.152. The van der Waals surface area contributed by atoms with Crippen LogP contribution in [0.1, 0.15) is 49.4 Å². The zero-order chi connectivity index (χ0) is 12.3. The molecule has 2 atom stereocenters. The van der Waals surface area contributed by atoms with Gasteiger partial charge in [0.2, 0.25) is 0 Å². The highest BCUT2D eigenvalue weighted by Crippen LogP contribution is 2.34. The van der Waals surface area contributed by atoms with Gasteiger partial charge >= 0.3 is 0 Å². The number of halogens is 1. The van der Waals surface area contributed by atoms with Crippen molar-refractivity contribution in [3.63, 3.8) is 0 Å². The van der Waals surface area contributed by atoms with Gasteiger partial charge in [-0.1, -0.05) is 26.2 Å². The van der Waals surface area contributed by atoms with Crippen LogP contribution in [-0.4, -0.2) is 5.78 Å². The highest BCUT2D eigenvalue weighted by molar-refractivity contribution is 5.98. The van der Waals surface area contributed by atoms with E-state index in [-0.39, 0.29) is 17.5 Å². The molecule has 1 aromatic rings. The van der Waals surface area contributed by atoms with Gasteiger partial charge in [-0.05, 0) is 43.0 Å². The minimum atomic E-state index is -0.280. The number of ketones is 1. The van der Waals surface area contributed by atoms with E-state index in [1.165, 1.54) is 18.6 Å². The molecule has 0 amide bonds. The van der Waals surface area contributed by atoms with Crippen molar-refractivity contribution >= 4 is 5.78 Å². The zero-order valence-corrected chi connectivity index (χ0v) is 10.3. The molecule has 17 heavy (non-hydrogen) atoms. The molecule has 2 heteroatoms. The Balaban J connectivity index is 2.15. The summed E-state index contributed by atoms with van der Waals surface area (Å²) in [5, 5.41) is 0. The van der Waals surface area contributed by atoms with Crippen molar-refractivity contribution < 1.29 is 9.18 Å². The Hall–Kier alpha value is -1.18. The fourth-order valence-electron chi connectivity index (χ4n) is 2.87. The summed E-state index contributed by atoms with van der Waals surface area (Å²) < 4.78 is 12.8. The van der Waals surface area contributed by atoms with E-state index in [2.05, 4.69) is 6.92 Å². The Morgan fingerprint density at radius 3 is 2.53 bits per heavy atom. The standard InChI is InChI=1S/C15H19FO/c1-2-11-5-3-4-6-14(11)15(17)12-7-9-13(16)10-8-12/h7-11,14H,2-6H2,1H3. The molecule has 1 fully saturated rings. The molecular formula is C15H19FO. The number of carbonyl (C=O) groups excluding carboxylic acids is 1. The molecule has 92 valence electrons. The summed E-state index contributed by atoms with van der Waals surface area (Å²) in [6.07, 6.45) is 5.61. The van der Waals surface area contributed by atoms with Gasteiger partial charge < -0.3 is 0 Å². The van der Waals surface area contributed by atoms with Crippen molar-refractivity contribution in [2.45, 2.75) is 39.0 Å². The second-order valence-electron chi connectivity index (χ2n) is 4.93. The Bertz CT molecular complexity index is 382. The van der Waals surface area contributed by atoms with Crippen molar-refractivity contribution in [1.82, 2.24) is 0 Å². The molecule has 2 unspecified atom stereocenters. The van der Waals surface area contributed by atoms with E-state index in [4.69, 9.17) is 0 Å². The van der Waals surface area contributed by atoms with Crippen LogP contribution in [0, 0.1) is 17.7 Å². The van der Waals surface area contributed by atoms with Gasteiger partial charge in [0.15, 0.2) is 5.78 Å². The fourth-order valence-corrected chi connectivity index (χ4v) is 2.87. The fraction of sp³-hybridized carbons (Fsp3) is 0.533. The maximum absolute atomic E-state index is 12.8. The molecule has 0 radical (unpaired) electrons. The minimum Gasteiger partial charge on any atom is -0.294 e. The first-order chi connectivity index (χ1) is 8.22. The highest BCUT2D eigenvalue weighted by atomic mass is 19.1. The monoisotopic (exact) mass is 234 g/mol. The van der Waals surface area contributed by atoms with Gasteiger partial charge in [-0.3, -0.25) is 4.79 Å². The van der Waals surface area contributed by atoms with Crippen molar-refractivity contribution in [3.05, 3.63) is 35.6 Å². The molecular weight excluding hydrogens is 215 g/mol. The summed E-state index contributed by atoms with van der Waals surface area (Å²) in [6.45, 7) is 2.15. The van der Waals surface area contributed by atoms with Gasteiger partial charge in [-0.15, -0.1) is 0 Å². The van der Waals surface area contributed by atoms with E-state index in [9.17, 15) is 9.18 Å². The SMILES string of the molecule is CCC1CCCCC1C(=O)c1ccc(F)cc1. The second kappa shape index (κ2) is 5.44. The summed E-state index contributed by atoms with van der Waals surface area (Å²) in [5.74, 6) is 0.592. The van der Waals surface area contributed by atoms with Crippen LogP contribution in [0.15, 0.2) is 24.3 Å². The van der Waals surface area contributed by atoms with E-state index < -0.39 is 0 Å². The van der Waals surface area contributed by atoms with Crippen molar-refractivity contribution in [2.24, 2.45) is 11.8 Å². The molecule has 0 aliphatic heterocycles. The lowest BCUT2D eigenvalue weighted by Crippen LogP contribution is -2.26. The summed E-state index contributed by atoms with van der Waals surface area (Å²) in [7, 11) is 0. The van der Waals surface area contributed by atoms with Gasteiger partial charge in [0.25, 0.3) is 0 Å². The number of hydrogen-bond donors (Lipinski definition) is 0. The second-order valence-corrected chi connectivity index (χ2v) is 4.93. The molecule has 2 rings (SSSR count). The smallest absolute Gasteiger partial charge is 0.166 e. The zero-order valence-electron chi connectivity index (χ0n) is 10.3. The molecule has 1 aliphatic carbocycles. The van der Waals surface area contributed by atoms with Crippen LogP contribution in [0.25, 0.3) is 0 Å². The molecule has 1 aliphatic rings. The third-order valence-electron chi connectivity index (χ3n) is 3.90. The van der Waals surface area contributed by atoms with E-state index in [0.29, 0.717) is 11.5 Å². The summed E-state index contributed by atoms with van der Waals surface area (Å²) in [6, 6.07) is 5.96. The Labute approximate surface area is 102 Å². The molecule has 1 saturated carbocycles. The van der Waals surface area contributed by atoms with E-state index >= 15 is 0 Å². The van der Waals surface area contributed by atoms with Crippen molar-refractivity contribution in [1.29, 1.82) is 0 Å². The summed E-state index contributed by atoms with van der Waals surface area (Å²) in [5.41, 5.74) is 0.664. The highest BCUT2D eigenvalue weighted by Gasteiger charge is 2.30. The van der Waals surface area contributed by atoms with Gasteiger partial charge in [0, 0.05) is 11.5 Å². The summed E-state index contributed by atoms with van der Waals surface area (Å²) >= 11 is 0. The molecule has 0 bridgehead atoms. The van der Waals surface area contributed by atoms with Crippen LogP contribution < -0.4 is 0 Å². The first kappa shape index (κ1) is 12.3. The lowest BCUT2D eigenvalue weighted by molar-refractivity contribution is 0.0820. The number of rotatable bonds is 3. The predicted molar refractivity (Wildman–Crippen MR) is 66.5 cm³/mol. The maximum Gasteiger partial charge on any atom is 0.166 e. The van der Waals surface area contributed by atoms with Crippen LogP contribution in [0.2, 0.25) is 0 Å². The van der Waals surface area contributed by atoms with E-state index in [1.54, 1.807) is 12.1 Å². The average Bonchev–Trinajstić information content (AvgIpc) is 2.39. The maximum atomic E-state index is 12.8. The largest absolute Gasteiger partial charge is 0.294 e. The Morgan fingerprint density at radius 1 is 1.24 bits per heavy atom. The third kappa shape index (κ3) is 2.74. The number of hydrogen-bond acceptors (Lipinski definition) is 1. The van der Waals surface area contributed by atoms with E-state index in [0.717, 1.165) is 25.7 Å². The average molecular weight is 234 g/mol. The van der Waals surface area contributed by atoms with Gasteiger partial charge in [0.1, 0.15) is 5.82 Å².